The molecule has 0 bridgehead atoms. The van der Waals surface area contributed by atoms with E-state index < -0.39 is 17.7 Å². The monoisotopic (exact) mass is 186 g/mol. The van der Waals surface area contributed by atoms with Crippen LogP contribution in [0.5, 0.6) is 5.75 Å². The second-order valence-electron chi connectivity index (χ2n) is 2.95. The summed E-state index contributed by atoms with van der Waals surface area (Å²) in [6, 6.07) is 1.83. The molecule has 1 aromatic rings. The molecule has 0 fully saturated rings. The highest BCUT2D eigenvalue weighted by atomic mass is 19.1. The molecular weight excluding hydrogens is 178 g/mol. The van der Waals surface area contributed by atoms with E-state index >= 15 is 0 Å². The fourth-order valence-electron chi connectivity index (χ4n) is 1.43. The van der Waals surface area contributed by atoms with Gasteiger partial charge in [0.25, 0.3) is 0 Å². The molecule has 0 radical (unpaired) electrons. The molecule has 4 heteroatoms. The van der Waals surface area contributed by atoms with E-state index in [0.717, 1.165) is 12.1 Å². The van der Waals surface area contributed by atoms with Crippen molar-refractivity contribution in [1.29, 1.82) is 0 Å². The maximum atomic E-state index is 13.1. The molecule has 1 N–H and O–H groups in total. The van der Waals surface area contributed by atoms with Crippen molar-refractivity contribution in [3.05, 3.63) is 29.3 Å². The average molecular weight is 186 g/mol. The maximum absolute atomic E-state index is 13.1. The van der Waals surface area contributed by atoms with Gasteiger partial charge in [0.2, 0.25) is 0 Å². The Morgan fingerprint density at radius 1 is 1.38 bits per heavy atom. The van der Waals surface area contributed by atoms with Crippen LogP contribution in [-0.2, 0) is 0 Å². The van der Waals surface area contributed by atoms with Gasteiger partial charge in [-0.15, -0.1) is 0 Å². The van der Waals surface area contributed by atoms with Gasteiger partial charge in [-0.2, -0.15) is 0 Å². The van der Waals surface area contributed by atoms with Crippen molar-refractivity contribution in [2.45, 2.75) is 12.5 Å². The molecular formula is C9H8F2O2. The van der Waals surface area contributed by atoms with Gasteiger partial charge in [-0.05, 0) is 0 Å². The van der Waals surface area contributed by atoms with E-state index in [4.69, 9.17) is 4.74 Å². The molecule has 13 heavy (non-hydrogen) atoms. The summed E-state index contributed by atoms with van der Waals surface area (Å²) in [5.41, 5.74) is 0.0626. The second kappa shape index (κ2) is 2.96. The smallest absolute Gasteiger partial charge is 0.135 e. The number of hydrogen-bond acceptors (Lipinski definition) is 2. The Kier molecular flexibility index (Phi) is 1.92. The highest BCUT2D eigenvalue weighted by Gasteiger charge is 2.23. The zero-order valence-corrected chi connectivity index (χ0v) is 6.76. The van der Waals surface area contributed by atoms with Crippen molar-refractivity contribution >= 4 is 0 Å². The second-order valence-corrected chi connectivity index (χ2v) is 2.95. The molecule has 0 unspecified atom stereocenters. The van der Waals surface area contributed by atoms with Gasteiger partial charge in [-0.25, -0.2) is 8.78 Å². The lowest BCUT2D eigenvalue weighted by atomic mass is 10.0. The van der Waals surface area contributed by atoms with Gasteiger partial charge >= 0.3 is 0 Å². The molecule has 0 saturated carbocycles. The zero-order chi connectivity index (χ0) is 9.42. The predicted octanol–water partition coefficient (Wildman–Crippen LogP) is 1.78. The van der Waals surface area contributed by atoms with Crippen LogP contribution in [0.3, 0.4) is 0 Å². The van der Waals surface area contributed by atoms with Crippen LogP contribution in [0.15, 0.2) is 12.1 Å². The zero-order valence-electron chi connectivity index (χ0n) is 6.76. The molecule has 1 heterocycles. The lowest BCUT2D eigenvalue weighted by Gasteiger charge is -2.22. The van der Waals surface area contributed by atoms with Gasteiger partial charge in [-0.3, -0.25) is 0 Å². The summed E-state index contributed by atoms with van der Waals surface area (Å²) in [5, 5.41) is 9.39. The summed E-state index contributed by atoms with van der Waals surface area (Å²) in [5.74, 6) is -1.33. The van der Waals surface area contributed by atoms with E-state index in [2.05, 4.69) is 0 Å². The van der Waals surface area contributed by atoms with Crippen LogP contribution < -0.4 is 4.74 Å². The summed E-state index contributed by atoms with van der Waals surface area (Å²) in [6.07, 6.45) is -0.542. The van der Waals surface area contributed by atoms with Gasteiger partial charge in [-0.1, -0.05) is 0 Å². The molecule has 0 aliphatic carbocycles. The first kappa shape index (κ1) is 8.44. The number of halogens is 2. The largest absolute Gasteiger partial charge is 0.493 e. The van der Waals surface area contributed by atoms with Crippen LogP contribution in [-0.4, -0.2) is 11.7 Å². The summed E-state index contributed by atoms with van der Waals surface area (Å²) in [4.78, 5) is 0. The van der Waals surface area contributed by atoms with Crippen molar-refractivity contribution < 1.29 is 18.6 Å². The van der Waals surface area contributed by atoms with Crippen LogP contribution in [0.1, 0.15) is 18.1 Å². The average Bonchev–Trinajstić information content (AvgIpc) is 2.02. The Morgan fingerprint density at radius 3 is 2.92 bits per heavy atom. The van der Waals surface area contributed by atoms with E-state index in [9.17, 15) is 13.9 Å². The van der Waals surface area contributed by atoms with Gasteiger partial charge in [0.15, 0.2) is 0 Å². The first-order valence-electron chi connectivity index (χ1n) is 3.98. The predicted molar refractivity (Wildman–Crippen MR) is 41.4 cm³/mol. The van der Waals surface area contributed by atoms with Crippen molar-refractivity contribution in [2.24, 2.45) is 0 Å². The number of ether oxygens (including phenoxy) is 1. The summed E-state index contributed by atoms with van der Waals surface area (Å²) in [6.45, 7) is 0.289. The number of aliphatic hydroxyl groups is 1. The van der Waals surface area contributed by atoms with E-state index in [1.54, 1.807) is 0 Å². The van der Waals surface area contributed by atoms with Crippen molar-refractivity contribution in [1.82, 2.24) is 0 Å². The van der Waals surface area contributed by atoms with E-state index in [-0.39, 0.29) is 17.9 Å². The standard InChI is InChI=1S/C9H8F2O2/c10-5-3-6(11)9-7(12)1-2-13-8(9)4-5/h3-4,7,12H,1-2H2/t7-/m1/s1. The van der Waals surface area contributed by atoms with E-state index in [1.165, 1.54) is 0 Å². The minimum Gasteiger partial charge on any atom is -0.493 e. The molecule has 0 saturated heterocycles. The Bertz CT molecular complexity index is 339. The molecule has 0 aromatic heterocycles. The molecule has 1 aliphatic heterocycles. The highest BCUT2D eigenvalue weighted by Crippen LogP contribution is 2.34. The van der Waals surface area contributed by atoms with E-state index in [0.29, 0.717) is 6.42 Å². The molecule has 1 aromatic carbocycles. The first-order valence-corrected chi connectivity index (χ1v) is 3.98. The molecule has 1 atom stereocenters. The SMILES string of the molecule is O[C@@H]1CCOc2cc(F)cc(F)c21. The summed E-state index contributed by atoms with van der Waals surface area (Å²) < 4.78 is 30.8. The van der Waals surface area contributed by atoms with Gasteiger partial charge in [0.05, 0.1) is 18.3 Å². The van der Waals surface area contributed by atoms with Gasteiger partial charge in [0, 0.05) is 18.6 Å². The molecule has 0 amide bonds. The van der Waals surface area contributed by atoms with Crippen LogP contribution >= 0.6 is 0 Å². The van der Waals surface area contributed by atoms with Crippen molar-refractivity contribution in [2.75, 3.05) is 6.61 Å². The molecule has 1 aliphatic rings. The van der Waals surface area contributed by atoms with Gasteiger partial charge in [0.1, 0.15) is 17.4 Å². The van der Waals surface area contributed by atoms with Gasteiger partial charge < -0.3 is 9.84 Å². The molecule has 70 valence electrons. The van der Waals surface area contributed by atoms with Crippen LogP contribution in [0.25, 0.3) is 0 Å². The van der Waals surface area contributed by atoms with Crippen molar-refractivity contribution in [3.8, 4) is 5.75 Å². The molecule has 2 nitrogen and oxygen atoms in total. The third kappa shape index (κ3) is 1.37. The van der Waals surface area contributed by atoms with Crippen LogP contribution in [0, 0.1) is 11.6 Å². The van der Waals surface area contributed by atoms with Crippen molar-refractivity contribution in [3.63, 3.8) is 0 Å². The summed E-state index contributed by atoms with van der Waals surface area (Å²) in [7, 11) is 0. The number of aliphatic hydroxyl groups excluding tert-OH is 1. The highest BCUT2D eigenvalue weighted by molar-refractivity contribution is 5.38. The quantitative estimate of drug-likeness (QED) is 0.669. The maximum Gasteiger partial charge on any atom is 0.135 e. The number of hydrogen-bond donors (Lipinski definition) is 1. The van der Waals surface area contributed by atoms with E-state index in [1.807, 2.05) is 0 Å². The normalized spacial score (nSPS) is 20.7. The Balaban J connectivity index is 2.56. The molecule has 0 spiro atoms. The lowest BCUT2D eigenvalue weighted by Crippen LogP contribution is -2.15. The third-order valence-electron chi connectivity index (χ3n) is 2.04. The topological polar surface area (TPSA) is 29.5 Å². The fourth-order valence-corrected chi connectivity index (χ4v) is 1.43. The Hall–Kier alpha value is -1.16. The lowest BCUT2D eigenvalue weighted by molar-refractivity contribution is 0.110. The number of fused-ring (bicyclic) bond motifs is 1. The minimum absolute atomic E-state index is 0.0626. The van der Waals surface area contributed by atoms with Crippen LogP contribution in [0.2, 0.25) is 0 Å². The number of benzene rings is 1. The minimum atomic E-state index is -0.885. The summed E-state index contributed by atoms with van der Waals surface area (Å²) >= 11 is 0. The molecule has 2 rings (SSSR count). The Morgan fingerprint density at radius 2 is 2.15 bits per heavy atom. The number of rotatable bonds is 0. The Labute approximate surface area is 73.8 Å². The van der Waals surface area contributed by atoms with Crippen LogP contribution in [0.4, 0.5) is 8.78 Å². The third-order valence-corrected chi connectivity index (χ3v) is 2.04. The first-order chi connectivity index (χ1) is 6.18. The fraction of sp³-hybridized carbons (Fsp3) is 0.333.